The number of carbonyl (C=O) groups excluding carboxylic acids is 1. The Bertz CT molecular complexity index is 892. The lowest BCUT2D eigenvalue weighted by atomic mass is 10.0. The number of nitrogens with one attached hydrogen (secondary N) is 1. The Labute approximate surface area is 155 Å². The van der Waals surface area contributed by atoms with Crippen LogP contribution in [0, 0.1) is 0 Å². The highest BCUT2D eigenvalue weighted by atomic mass is 32.2. The average Bonchev–Trinajstić information content (AvgIpc) is 2.85. The van der Waals surface area contributed by atoms with Crippen LogP contribution in [0.2, 0.25) is 0 Å². The van der Waals surface area contributed by atoms with Gasteiger partial charge in [-0.05, 0) is 31.0 Å². The second kappa shape index (κ2) is 7.50. The Morgan fingerprint density at radius 2 is 1.96 bits per heavy atom. The van der Waals surface area contributed by atoms with Gasteiger partial charge in [-0.15, -0.1) is 6.58 Å². The van der Waals surface area contributed by atoms with Gasteiger partial charge in [0.15, 0.2) is 9.84 Å². The molecule has 0 saturated carbocycles. The summed E-state index contributed by atoms with van der Waals surface area (Å²) < 4.78 is 51.3. The molecule has 1 atom stereocenters. The number of nitrogens with zero attached hydrogens (tertiary/aromatic N) is 1. The summed E-state index contributed by atoms with van der Waals surface area (Å²) in [6.07, 6.45) is 1.71. The van der Waals surface area contributed by atoms with Gasteiger partial charge >= 0.3 is 0 Å². The lowest BCUT2D eigenvalue weighted by molar-refractivity contribution is -0.119. The number of hydrogen-bond donors (Lipinski definition) is 1. The highest BCUT2D eigenvalue weighted by Crippen LogP contribution is 2.34. The second-order valence-corrected chi connectivity index (χ2v) is 10.8. The minimum atomic E-state index is -3.89. The van der Waals surface area contributed by atoms with Crippen molar-refractivity contribution in [3.05, 3.63) is 42.5 Å². The summed E-state index contributed by atoms with van der Waals surface area (Å²) in [6, 6.07) is 6.19. The Balaban J connectivity index is 2.33. The van der Waals surface area contributed by atoms with Crippen LogP contribution in [-0.4, -0.2) is 50.6 Å². The summed E-state index contributed by atoms with van der Waals surface area (Å²) in [4.78, 5) is 11.0. The van der Waals surface area contributed by atoms with E-state index >= 15 is 0 Å². The van der Waals surface area contributed by atoms with Gasteiger partial charge in [0, 0.05) is 25.6 Å². The predicted molar refractivity (Wildman–Crippen MR) is 99.7 cm³/mol. The highest BCUT2D eigenvalue weighted by molar-refractivity contribution is 7.92. The molecule has 1 fully saturated rings. The van der Waals surface area contributed by atoms with Crippen LogP contribution in [0.1, 0.15) is 25.8 Å². The zero-order valence-electron chi connectivity index (χ0n) is 14.9. The van der Waals surface area contributed by atoms with E-state index in [2.05, 4.69) is 11.9 Å². The van der Waals surface area contributed by atoms with Crippen LogP contribution in [0.4, 0.5) is 0 Å². The van der Waals surface area contributed by atoms with Crippen LogP contribution in [0.5, 0.6) is 0 Å². The number of hydrogen-bond acceptors (Lipinski definition) is 5. The molecule has 144 valence electrons. The van der Waals surface area contributed by atoms with Crippen LogP contribution in [-0.2, 0) is 31.2 Å². The zero-order chi connectivity index (χ0) is 19.6. The number of benzene rings is 1. The fraction of sp³-hybridized carbons (Fsp3) is 0.471. The van der Waals surface area contributed by atoms with Gasteiger partial charge in [0.05, 0.1) is 16.4 Å². The molecular weight excluding hydrogens is 376 g/mol. The van der Waals surface area contributed by atoms with Crippen molar-refractivity contribution in [3.8, 4) is 0 Å². The maximum Gasteiger partial charge on any atom is 0.243 e. The first-order valence-corrected chi connectivity index (χ1v) is 11.4. The van der Waals surface area contributed by atoms with Crippen molar-refractivity contribution in [3.63, 3.8) is 0 Å². The quantitative estimate of drug-likeness (QED) is 0.690. The first-order valence-electron chi connectivity index (χ1n) is 8.18. The van der Waals surface area contributed by atoms with Crippen molar-refractivity contribution < 1.29 is 21.6 Å². The summed E-state index contributed by atoms with van der Waals surface area (Å²) in [7, 11) is -7.16. The number of sulfone groups is 1. The van der Waals surface area contributed by atoms with Crippen LogP contribution in [0.15, 0.2) is 41.8 Å². The molecule has 0 unspecified atom stereocenters. The molecule has 1 aliphatic rings. The fourth-order valence-electron chi connectivity index (χ4n) is 3.05. The smallest absolute Gasteiger partial charge is 0.243 e. The lowest BCUT2D eigenvalue weighted by Crippen LogP contribution is -2.50. The summed E-state index contributed by atoms with van der Waals surface area (Å²) in [5.41, 5.74) is -0.232. The molecule has 1 heterocycles. The van der Waals surface area contributed by atoms with E-state index in [1.165, 1.54) is 29.4 Å². The monoisotopic (exact) mass is 400 g/mol. The molecule has 9 heteroatoms. The first-order chi connectivity index (χ1) is 12.0. The van der Waals surface area contributed by atoms with Crippen molar-refractivity contribution in [1.82, 2.24) is 9.62 Å². The Kier molecular flexibility index (Phi) is 5.94. The van der Waals surface area contributed by atoms with Gasteiger partial charge in [0.1, 0.15) is 0 Å². The Hall–Kier alpha value is -1.71. The third-order valence-electron chi connectivity index (χ3n) is 4.43. The molecule has 0 bridgehead atoms. The number of carbonyl (C=O) groups is 1. The summed E-state index contributed by atoms with van der Waals surface area (Å²) in [5, 5.41) is 2.64. The lowest BCUT2D eigenvalue weighted by Gasteiger charge is -2.35. The van der Waals surface area contributed by atoms with Crippen molar-refractivity contribution in [2.24, 2.45) is 0 Å². The van der Waals surface area contributed by atoms with Gasteiger partial charge in [-0.25, -0.2) is 16.8 Å². The molecule has 7 nitrogen and oxygen atoms in total. The molecule has 1 aromatic carbocycles. The Morgan fingerprint density at radius 3 is 2.42 bits per heavy atom. The van der Waals surface area contributed by atoms with Gasteiger partial charge in [-0.2, -0.15) is 4.31 Å². The average molecular weight is 401 g/mol. The number of sulfonamides is 1. The van der Waals surface area contributed by atoms with Gasteiger partial charge < -0.3 is 5.32 Å². The molecule has 0 aliphatic carbocycles. The molecule has 1 aliphatic heterocycles. The van der Waals surface area contributed by atoms with Crippen molar-refractivity contribution in [2.75, 3.05) is 18.1 Å². The van der Waals surface area contributed by atoms with Crippen LogP contribution in [0.25, 0.3) is 0 Å². The van der Waals surface area contributed by atoms with Crippen LogP contribution < -0.4 is 5.32 Å². The zero-order valence-corrected chi connectivity index (χ0v) is 16.6. The van der Waals surface area contributed by atoms with E-state index in [9.17, 15) is 21.6 Å². The SMILES string of the molecule is C=CCN([C@@]1(C)CCS(=O)(=O)C1)S(=O)(=O)c1ccc(CNC(C)=O)cc1. The van der Waals surface area contributed by atoms with E-state index in [-0.39, 0.29) is 35.3 Å². The van der Waals surface area contributed by atoms with Crippen LogP contribution in [0.3, 0.4) is 0 Å². The minimum absolute atomic E-state index is 0.0255. The van der Waals surface area contributed by atoms with Gasteiger partial charge in [0.25, 0.3) is 0 Å². The molecule has 1 N–H and O–H groups in total. The van der Waals surface area contributed by atoms with Crippen LogP contribution >= 0.6 is 0 Å². The summed E-state index contributed by atoms with van der Waals surface area (Å²) in [6.45, 7) is 7.00. The molecule has 0 spiro atoms. The highest BCUT2D eigenvalue weighted by Gasteiger charge is 2.47. The van der Waals surface area contributed by atoms with Crippen molar-refractivity contribution in [2.45, 2.75) is 37.2 Å². The van der Waals surface area contributed by atoms with Gasteiger partial charge in [-0.1, -0.05) is 18.2 Å². The molecule has 2 rings (SSSR count). The molecule has 1 aromatic rings. The van der Waals surface area contributed by atoms with E-state index in [1.54, 1.807) is 19.1 Å². The third kappa shape index (κ3) is 4.52. The summed E-state index contributed by atoms with van der Waals surface area (Å²) in [5.74, 6) is -0.398. The molecule has 1 amide bonds. The second-order valence-electron chi connectivity index (χ2n) is 6.72. The molecule has 1 saturated heterocycles. The maximum atomic E-state index is 13.1. The Morgan fingerprint density at radius 1 is 1.35 bits per heavy atom. The maximum absolute atomic E-state index is 13.1. The van der Waals surface area contributed by atoms with E-state index in [0.717, 1.165) is 5.56 Å². The molecular formula is C17H24N2O5S2. The largest absolute Gasteiger partial charge is 0.352 e. The van der Waals surface area contributed by atoms with Gasteiger partial charge in [-0.3, -0.25) is 4.79 Å². The van der Waals surface area contributed by atoms with E-state index in [4.69, 9.17) is 0 Å². The fourth-order valence-corrected chi connectivity index (χ4v) is 7.05. The minimum Gasteiger partial charge on any atom is -0.352 e. The molecule has 26 heavy (non-hydrogen) atoms. The molecule has 0 radical (unpaired) electrons. The molecule has 0 aromatic heterocycles. The number of rotatable bonds is 7. The van der Waals surface area contributed by atoms with Crippen molar-refractivity contribution >= 4 is 25.8 Å². The van der Waals surface area contributed by atoms with E-state index < -0.39 is 25.4 Å². The van der Waals surface area contributed by atoms with E-state index in [0.29, 0.717) is 6.54 Å². The van der Waals surface area contributed by atoms with E-state index in [1.807, 2.05) is 0 Å². The third-order valence-corrected chi connectivity index (χ3v) is 8.36. The first kappa shape index (κ1) is 20.6. The normalized spacial score (nSPS) is 22.3. The topological polar surface area (TPSA) is 101 Å². The van der Waals surface area contributed by atoms with Gasteiger partial charge in [0.2, 0.25) is 15.9 Å². The standard InChI is InChI=1S/C17H24N2O5S2/c1-4-10-19(17(3)9-11-25(21,22)13-17)26(23,24)16-7-5-15(6-8-16)12-18-14(2)20/h4-8H,1,9-13H2,2-3H3,(H,18,20)/t17-/m0/s1. The summed E-state index contributed by atoms with van der Waals surface area (Å²) >= 11 is 0. The number of amides is 1. The predicted octanol–water partition coefficient (Wildman–Crippen LogP) is 1.08. The van der Waals surface area contributed by atoms with Crippen molar-refractivity contribution in [1.29, 1.82) is 0 Å².